The van der Waals surface area contributed by atoms with Crippen molar-refractivity contribution < 1.29 is 9.90 Å². The Bertz CT molecular complexity index is 1130. The molecule has 1 aliphatic rings. The molecule has 3 heterocycles. The first kappa shape index (κ1) is 17.8. The summed E-state index contributed by atoms with van der Waals surface area (Å²) in [5.74, 6) is -0.758. The fourth-order valence-electron chi connectivity index (χ4n) is 4.45. The molecule has 144 valence electrons. The van der Waals surface area contributed by atoms with Crippen LogP contribution in [0.15, 0.2) is 73.2 Å². The average molecular weight is 383 g/mol. The standard InChI is InChI=1S/C24H21N3O2/c28-24(29)22-6-3-11-27(22)23(18-7-8-19-14-25-10-9-16(19)12-18)20-13-17-4-1-2-5-21(17)26-15-20/h1-2,4-5,7-10,12-15,22-23H,3,6,11H2,(H,28,29). The van der Waals surface area contributed by atoms with Gasteiger partial charge in [-0.1, -0.05) is 30.3 Å². The molecule has 29 heavy (non-hydrogen) atoms. The van der Waals surface area contributed by atoms with Crippen LogP contribution in [0.4, 0.5) is 0 Å². The number of fused-ring (bicyclic) bond motifs is 2. The van der Waals surface area contributed by atoms with Gasteiger partial charge in [-0.3, -0.25) is 19.7 Å². The molecule has 4 aromatic rings. The van der Waals surface area contributed by atoms with Crippen LogP contribution in [0.1, 0.15) is 30.0 Å². The smallest absolute Gasteiger partial charge is 0.320 e. The van der Waals surface area contributed by atoms with Crippen molar-refractivity contribution in [2.24, 2.45) is 0 Å². The quantitative estimate of drug-likeness (QED) is 0.565. The number of likely N-dealkylation sites (tertiary alicyclic amines) is 1. The molecular formula is C24H21N3O2. The van der Waals surface area contributed by atoms with Crippen molar-refractivity contribution >= 4 is 27.6 Å². The van der Waals surface area contributed by atoms with Gasteiger partial charge in [-0.25, -0.2) is 0 Å². The number of aromatic nitrogens is 2. The number of carboxylic acid groups (broad SMARTS) is 1. The topological polar surface area (TPSA) is 66.3 Å². The van der Waals surface area contributed by atoms with Crippen LogP contribution in [0, 0.1) is 0 Å². The fourth-order valence-corrected chi connectivity index (χ4v) is 4.45. The number of hydrogen-bond acceptors (Lipinski definition) is 4. The maximum absolute atomic E-state index is 11.9. The summed E-state index contributed by atoms with van der Waals surface area (Å²) in [4.78, 5) is 22.9. The molecule has 5 heteroatoms. The van der Waals surface area contributed by atoms with Gasteiger partial charge in [0.15, 0.2) is 0 Å². The Morgan fingerprint density at radius 2 is 1.86 bits per heavy atom. The normalized spacial score (nSPS) is 18.3. The molecule has 0 spiro atoms. The van der Waals surface area contributed by atoms with Crippen molar-refractivity contribution in [3.8, 4) is 0 Å². The molecule has 2 aromatic carbocycles. The van der Waals surface area contributed by atoms with Crippen molar-refractivity contribution in [1.82, 2.24) is 14.9 Å². The first-order chi connectivity index (χ1) is 14.2. The first-order valence-corrected chi connectivity index (χ1v) is 9.87. The number of nitrogens with zero attached hydrogens (tertiary/aromatic N) is 3. The van der Waals surface area contributed by atoms with Gasteiger partial charge in [-0.2, -0.15) is 0 Å². The van der Waals surface area contributed by atoms with E-state index < -0.39 is 12.0 Å². The van der Waals surface area contributed by atoms with Gasteiger partial charge >= 0.3 is 5.97 Å². The third-order valence-electron chi connectivity index (χ3n) is 5.82. The number of para-hydroxylation sites is 1. The Kier molecular flexibility index (Phi) is 4.45. The minimum Gasteiger partial charge on any atom is -0.480 e. The number of pyridine rings is 2. The molecule has 5 nitrogen and oxygen atoms in total. The lowest BCUT2D eigenvalue weighted by Gasteiger charge is -2.32. The lowest BCUT2D eigenvalue weighted by molar-refractivity contribution is -0.142. The Balaban J connectivity index is 1.68. The Morgan fingerprint density at radius 1 is 1.00 bits per heavy atom. The van der Waals surface area contributed by atoms with Crippen LogP contribution in [-0.2, 0) is 4.79 Å². The highest BCUT2D eigenvalue weighted by molar-refractivity contribution is 5.83. The molecular weight excluding hydrogens is 362 g/mol. The second-order valence-corrected chi connectivity index (χ2v) is 7.58. The van der Waals surface area contributed by atoms with E-state index in [2.05, 4.69) is 39.1 Å². The average Bonchev–Trinajstić information content (AvgIpc) is 3.23. The molecule has 2 atom stereocenters. The van der Waals surface area contributed by atoms with E-state index in [1.165, 1.54) is 0 Å². The number of rotatable bonds is 4. The predicted octanol–water partition coefficient (Wildman–Crippen LogP) is 4.42. The van der Waals surface area contributed by atoms with Crippen molar-refractivity contribution in [1.29, 1.82) is 0 Å². The van der Waals surface area contributed by atoms with Crippen molar-refractivity contribution in [3.05, 3.63) is 84.3 Å². The zero-order valence-corrected chi connectivity index (χ0v) is 15.9. The number of benzene rings is 2. The molecule has 2 unspecified atom stereocenters. The summed E-state index contributed by atoms with van der Waals surface area (Å²) in [6.07, 6.45) is 7.08. The third-order valence-corrected chi connectivity index (χ3v) is 5.82. The number of carboxylic acids is 1. The molecule has 1 fully saturated rings. The highest BCUT2D eigenvalue weighted by Gasteiger charge is 2.37. The molecule has 1 saturated heterocycles. The summed E-state index contributed by atoms with van der Waals surface area (Å²) >= 11 is 0. The van der Waals surface area contributed by atoms with Crippen molar-refractivity contribution in [2.75, 3.05) is 6.54 Å². The number of hydrogen-bond donors (Lipinski definition) is 1. The first-order valence-electron chi connectivity index (χ1n) is 9.87. The lowest BCUT2D eigenvalue weighted by Crippen LogP contribution is -2.39. The molecule has 0 saturated carbocycles. The molecule has 2 aromatic heterocycles. The van der Waals surface area contributed by atoms with Gasteiger partial charge in [-0.05, 0) is 53.6 Å². The van der Waals surface area contributed by atoms with Gasteiger partial charge in [0.2, 0.25) is 0 Å². The molecule has 1 aliphatic heterocycles. The summed E-state index contributed by atoms with van der Waals surface area (Å²) in [5, 5.41) is 13.0. The minimum atomic E-state index is -0.758. The molecule has 1 N–H and O–H groups in total. The molecule has 5 rings (SSSR count). The lowest BCUT2D eigenvalue weighted by atomic mass is 9.94. The van der Waals surface area contributed by atoms with E-state index in [-0.39, 0.29) is 6.04 Å². The van der Waals surface area contributed by atoms with Gasteiger partial charge in [-0.15, -0.1) is 0 Å². The van der Waals surface area contributed by atoms with Crippen LogP contribution >= 0.6 is 0 Å². The third kappa shape index (κ3) is 3.23. The minimum absolute atomic E-state index is 0.159. The van der Waals surface area contributed by atoms with Gasteiger partial charge < -0.3 is 5.11 Å². The summed E-state index contributed by atoms with van der Waals surface area (Å²) in [5.41, 5.74) is 3.04. The van der Waals surface area contributed by atoms with Crippen molar-refractivity contribution in [3.63, 3.8) is 0 Å². The Hall–Kier alpha value is -3.31. The predicted molar refractivity (Wildman–Crippen MR) is 113 cm³/mol. The van der Waals surface area contributed by atoms with Gasteiger partial charge in [0.25, 0.3) is 0 Å². The van der Waals surface area contributed by atoms with E-state index in [4.69, 9.17) is 0 Å². The maximum atomic E-state index is 11.9. The largest absolute Gasteiger partial charge is 0.480 e. The SMILES string of the molecule is O=C(O)C1CCCN1C(c1ccc2cnccc2c1)c1cnc2ccccc2c1. The Morgan fingerprint density at radius 3 is 2.76 bits per heavy atom. The van der Waals surface area contributed by atoms with E-state index in [9.17, 15) is 9.90 Å². The maximum Gasteiger partial charge on any atom is 0.320 e. The highest BCUT2D eigenvalue weighted by Crippen LogP contribution is 2.36. The zero-order valence-electron chi connectivity index (χ0n) is 15.9. The van der Waals surface area contributed by atoms with Crippen LogP contribution < -0.4 is 0 Å². The van der Waals surface area contributed by atoms with Crippen molar-refractivity contribution in [2.45, 2.75) is 24.9 Å². The van der Waals surface area contributed by atoms with Crippen LogP contribution in [0.2, 0.25) is 0 Å². The van der Waals surface area contributed by atoms with Gasteiger partial charge in [0.1, 0.15) is 6.04 Å². The van der Waals surface area contributed by atoms with Gasteiger partial charge in [0, 0.05) is 35.9 Å². The van der Waals surface area contributed by atoms with E-state index in [0.717, 1.165) is 45.8 Å². The van der Waals surface area contributed by atoms with Crippen LogP contribution in [0.5, 0.6) is 0 Å². The van der Waals surface area contributed by atoms with Gasteiger partial charge in [0.05, 0.1) is 11.6 Å². The second-order valence-electron chi connectivity index (χ2n) is 7.58. The summed E-state index contributed by atoms with van der Waals surface area (Å²) in [7, 11) is 0. The summed E-state index contributed by atoms with van der Waals surface area (Å²) in [6.45, 7) is 0.753. The number of carbonyl (C=O) groups is 1. The second kappa shape index (κ2) is 7.26. The zero-order chi connectivity index (χ0) is 19.8. The van der Waals surface area contributed by atoms with E-state index in [1.54, 1.807) is 6.20 Å². The van der Waals surface area contributed by atoms with E-state index >= 15 is 0 Å². The van der Waals surface area contributed by atoms with Crippen LogP contribution in [-0.4, -0.2) is 38.5 Å². The molecule has 0 amide bonds. The summed E-state index contributed by atoms with van der Waals surface area (Å²) in [6, 6.07) is 17.8. The molecule has 0 bridgehead atoms. The van der Waals surface area contributed by atoms with Crippen LogP contribution in [0.25, 0.3) is 21.7 Å². The van der Waals surface area contributed by atoms with E-state index in [1.807, 2.05) is 42.7 Å². The Labute approximate surface area is 168 Å². The summed E-state index contributed by atoms with van der Waals surface area (Å²) < 4.78 is 0. The van der Waals surface area contributed by atoms with Crippen LogP contribution in [0.3, 0.4) is 0 Å². The molecule has 0 radical (unpaired) electrons. The monoisotopic (exact) mass is 383 g/mol. The number of aliphatic carboxylic acids is 1. The highest BCUT2D eigenvalue weighted by atomic mass is 16.4. The molecule has 0 aliphatic carbocycles. The van der Waals surface area contributed by atoms with E-state index in [0.29, 0.717) is 6.42 Å². The fraction of sp³-hybridized carbons (Fsp3) is 0.208.